The maximum absolute atomic E-state index is 12.7. The third kappa shape index (κ3) is 3.47. The van der Waals surface area contributed by atoms with Gasteiger partial charge in [-0.25, -0.2) is 0 Å². The summed E-state index contributed by atoms with van der Waals surface area (Å²) in [7, 11) is 1.81. The Balaban J connectivity index is 2.29. The lowest BCUT2D eigenvalue weighted by molar-refractivity contribution is 0.0742. The van der Waals surface area contributed by atoms with Gasteiger partial charge in [-0.15, -0.1) is 0 Å². The van der Waals surface area contributed by atoms with Crippen LogP contribution in [0.5, 0.6) is 0 Å². The van der Waals surface area contributed by atoms with Crippen LogP contribution in [-0.4, -0.2) is 17.9 Å². The quantitative estimate of drug-likeness (QED) is 0.727. The lowest BCUT2D eigenvalue weighted by atomic mass is 10.0. The number of benzene rings is 2. The van der Waals surface area contributed by atoms with Crippen LogP contribution in [0.3, 0.4) is 0 Å². The second-order valence-electron chi connectivity index (χ2n) is 5.06. The zero-order valence-corrected chi connectivity index (χ0v) is 14.6. The maximum atomic E-state index is 12.7. The Hall–Kier alpha value is -1.32. The smallest absolute Gasteiger partial charge is 0.254 e. The van der Waals surface area contributed by atoms with Gasteiger partial charge in [0.15, 0.2) is 0 Å². The lowest BCUT2D eigenvalue weighted by Gasteiger charge is -2.26. The van der Waals surface area contributed by atoms with Crippen molar-refractivity contribution in [2.45, 2.75) is 19.9 Å². The summed E-state index contributed by atoms with van der Waals surface area (Å²) in [6.45, 7) is 3.94. The van der Waals surface area contributed by atoms with Crippen molar-refractivity contribution in [3.63, 3.8) is 0 Å². The molecule has 2 rings (SSSR count). The van der Waals surface area contributed by atoms with E-state index in [0.29, 0.717) is 10.6 Å². The molecule has 1 atom stereocenters. The summed E-state index contributed by atoms with van der Waals surface area (Å²) in [5.41, 5.74) is 2.68. The molecule has 1 unspecified atom stereocenters. The summed E-state index contributed by atoms with van der Waals surface area (Å²) in [4.78, 5) is 14.4. The molecule has 0 spiro atoms. The van der Waals surface area contributed by atoms with Crippen molar-refractivity contribution < 1.29 is 4.79 Å². The van der Waals surface area contributed by atoms with Crippen molar-refractivity contribution in [3.05, 3.63) is 68.7 Å². The SMILES string of the molecule is Cc1c(Br)cccc1C(=O)N(C)C(C)c1cccc(Cl)c1. The Kier molecular flexibility index (Phi) is 5.07. The highest BCUT2D eigenvalue weighted by atomic mass is 79.9. The van der Waals surface area contributed by atoms with E-state index in [1.807, 2.05) is 63.4 Å². The lowest BCUT2D eigenvalue weighted by Crippen LogP contribution is -2.30. The first-order valence-corrected chi connectivity index (χ1v) is 7.86. The molecule has 2 aromatic rings. The Morgan fingerprint density at radius 3 is 2.57 bits per heavy atom. The zero-order valence-electron chi connectivity index (χ0n) is 12.2. The van der Waals surface area contributed by atoms with E-state index in [2.05, 4.69) is 15.9 Å². The molecule has 0 aromatic heterocycles. The van der Waals surface area contributed by atoms with Crippen molar-refractivity contribution in [3.8, 4) is 0 Å². The standard InChI is InChI=1S/C17H17BrClNO/c1-11-15(8-5-9-16(11)18)17(21)20(3)12(2)13-6-4-7-14(19)10-13/h4-10,12H,1-3H3. The average Bonchev–Trinajstić information content (AvgIpc) is 2.48. The third-order valence-corrected chi connectivity index (χ3v) is 4.82. The average molecular weight is 367 g/mol. The van der Waals surface area contributed by atoms with Gasteiger partial charge >= 0.3 is 0 Å². The molecular formula is C17H17BrClNO. The van der Waals surface area contributed by atoms with Crippen LogP contribution in [0.2, 0.25) is 5.02 Å². The molecule has 0 N–H and O–H groups in total. The Morgan fingerprint density at radius 2 is 1.90 bits per heavy atom. The molecule has 0 aliphatic heterocycles. The normalized spacial score (nSPS) is 12.0. The molecule has 0 saturated carbocycles. The van der Waals surface area contributed by atoms with Crippen LogP contribution < -0.4 is 0 Å². The summed E-state index contributed by atoms with van der Waals surface area (Å²) in [5, 5.41) is 0.679. The van der Waals surface area contributed by atoms with Crippen LogP contribution in [0.4, 0.5) is 0 Å². The molecule has 1 amide bonds. The summed E-state index contributed by atoms with van der Waals surface area (Å²) < 4.78 is 0.942. The van der Waals surface area contributed by atoms with Gasteiger partial charge in [0, 0.05) is 22.1 Å². The fourth-order valence-electron chi connectivity index (χ4n) is 2.20. The predicted molar refractivity (Wildman–Crippen MR) is 90.8 cm³/mol. The fourth-order valence-corrected chi connectivity index (χ4v) is 2.76. The molecule has 0 saturated heterocycles. The van der Waals surface area contributed by atoms with Crippen LogP contribution in [0.25, 0.3) is 0 Å². The number of hydrogen-bond donors (Lipinski definition) is 0. The number of hydrogen-bond acceptors (Lipinski definition) is 1. The van der Waals surface area contributed by atoms with Crippen molar-refractivity contribution in [2.24, 2.45) is 0 Å². The van der Waals surface area contributed by atoms with Gasteiger partial charge in [0.1, 0.15) is 0 Å². The predicted octanol–water partition coefficient (Wildman–Crippen LogP) is 5.24. The minimum atomic E-state index is -0.0467. The molecule has 2 aromatic carbocycles. The molecule has 0 aliphatic rings. The molecule has 0 heterocycles. The largest absolute Gasteiger partial charge is 0.335 e. The number of nitrogens with zero attached hydrogens (tertiary/aromatic N) is 1. The van der Waals surface area contributed by atoms with Crippen molar-refractivity contribution in [2.75, 3.05) is 7.05 Å². The number of carbonyl (C=O) groups excluding carboxylic acids is 1. The highest BCUT2D eigenvalue weighted by Gasteiger charge is 2.21. The van der Waals surface area contributed by atoms with Crippen LogP contribution in [0.1, 0.15) is 34.5 Å². The van der Waals surface area contributed by atoms with Gasteiger partial charge in [-0.2, -0.15) is 0 Å². The first-order chi connectivity index (χ1) is 9.91. The van der Waals surface area contributed by atoms with Gasteiger partial charge < -0.3 is 4.90 Å². The molecule has 0 aliphatic carbocycles. The molecular weight excluding hydrogens is 350 g/mol. The third-order valence-electron chi connectivity index (χ3n) is 3.73. The number of amides is 1. The van der Waals surface area contributed by atoms with Crippen LogP contribution in [-0.2, 0) is 0 Å². The van der Waals surface area contributed by atoms with E-state index in [1.165, 1.54) is 0 Å². The topological polar surface area (TPSA) is 20.3 Å². The molecule has 2 nitrogen and oxygen atoms in total. The molecule has 0 fully saturated rings. The van der Waals surface area contributed by atoms with Gasteiger partial charge in [0.2, 0.25) is 0 Å². The van der Waals surface area contributed by atoms with Gasteiger partial charge in [-0.1, -0.05) is 45.7 Å². The van der Waals surface area contributed by atoms with Crippen molar-refractivity contribution in [1.82, 2.24) is 4.90 Å². The van der Waals surface area contributed by atoms with Gasteiger partial charge in [0.25, 0.3) is 5.91 Å². The van der Waals surface area contributed by atoms with Gasteiger partial charge in [-0.05, 0) is 49.2 Å². The number of halogens is 2. The monoisotopic (exact) mass is 365 g/mol. The van der Waals surface area contributed by atoms with Gasteiger partial charge in [0.05, 0.1) is 6.04 Å². The van der Waals surface area contributed by atoms with E-state index in [4.69, 9.17) is 11.6 Å². The van der Waals surface area contributed by atoms with E-state index in [1.54, 1.807) is 4.90 Å². The van der Waals surface area contributed by atoms with E-state index in [-0.39, 0.29) is 11.9 Å². The van der Waals surface area contributed by atoms with E-state index >= 15 is 0 Å². The van der Waals surface area contributed by atoms with Gasteiger partial charge in [-0.3, -0.25) is 4.79 Å². The number of carbonyl (C=O) groups is 1. The summed E-state index contributed by atoms with van der Waals surface area (Å²) in [6, 6.07) is 13.2. The van der Waals surface area contributed by atoms with E-state index in [0.717, 1.165) is 15.6 Å². The van der Waals surface area contributed by atoms with Crippen LogP contribution >= 0.6 is 27.5 Å². The van der Waals surface area contributed by atoms with Crippen LogP contribution in [0.15, 0.2) is 46.9 Å². The first-order valence-electron chi connectivity index (χ1n) is 6.69. The molecule has 4 heteroatoms. The summed E-state index contributed by atoms with van der Waals surface area (Å²) >= 11 is 9.49. The van der Waals surface area contributed by atoms with E-state index < -0.39 is 0 Å². The molecule has 21 heavy (non-hydrogen) atoms. The molecule has 110 valence electrons. The zero-order chi connectivity index (χ0) is 15.6. The first kappa shape index (κ1) is 16.1. The van der Waals surface area contributed by atoms with Crippen molar-refractivity contribution in [1.29, 1.82) is 0 Å². The maximum Gasteiger partial charge on any atom is 0.254 e. The van der Waals surface area contributed by atoms with Crippen LogP contribution in [0, 0.1) is 6.92 Å². The Morgan fingerprint density at radius 1 is 1.24 bits per heavy atom. The Labute approximate surface area is 138 Å². The second-order valence-corrected chi connectivity index (χ2v) is 6.35. The molecule has 0 bridgehead atoms. The van der Waals surface area contributed by atoms with E-state index in [9.17, 15) is 4.79 Å². The minimum Gasteiger partial charge on any atom is -0.335 e. The summed E-state index contributed by atoms with van der Waals surface area (Å²) in [6.07, 6.45) is 0. The summed E-state index contributed by atoms with van der Waals surface area (Å²) in [5.74, 6) is 0.00118. The second kappa shape index (κ2) is 6.63. The highest BCUT2D eigenvalue weighted by Crippen LogP contribution is 2.26. The highest BCUT2D eigenvalue weighted by molar-refractivity contribution is 9.10. The minimum absolute atomic E-state index is 0.00118. The fraction of sp³-hybridized carbons (Fsp3) is 0.235. The molecule has 0 radical (unpaired) electrons. The number of rotatable bonds is 3. The van der Waals surface area contributed by atoms with Crippen molar-refractivity contribution >= 4 is 33.4 Å². The Bertz CT molecular complexity index is 672.